The molecule has 0 amide bonds. The van der Waals surface area contributed by atoms with Gasteiger partial charge in [-0.25, -0.2) is 8.42 Å². The second-order valence-electron chi connectivity index (χ2n) is 3.36. The largest absolute Gasteiger partial charge is 0.323 e. The van der Waals surface area contributed by atoms with Gasteiger partial charge in [0.1, 0.15) is 0 Å². The van der Waals surface area contributed by atoms with Crippen molar-refractivity contribution in [2.75, 3.05) is 6.26 Å². The minimum Gasteiger partial charge on any atom is -0.323 e. The summed E-state index contributed by atoms with van der Waals surface area (Å²) in [6, 6.07) is 6.24. The maximum absolute atomic E-state index is 11.3. The van der Waals surface area contributed by atoms with E-state index in [0.717, 1.165) is 5.56 Å². The fourth-order valence-corrected chi connectivity index (χ4v) is 1.90. The van der Waals surface area contributed by atoms with E-state index in [0.29, 0.717) is 6.42 Å². The highest BCUT2D eigenvalue weighted by Crippen LogP contribution is 2.17. The molecule has 1 atom stereocenters. The van der Waals surface area contributed by atoms with E-state index in [-0.39, 0.29) is 10.9 Å². The number of rotatable bonds is 3. The number of benzene rings is 1. The number of hydrogen-bond donors (Lipinski definition) is 1. The summed E-state index contributed by atoms with van der Waals surface area (Å²) < 4.78 is 22.6. The number of hydrogen-bond acceptors (Lipinski definition) is 3. The summed E-state index contributed by atoms with van der Waals surface area (Å²) in [5.41, 5.74) is 6.53. The zero-order valence-electron chi connectivity index (χ0n) is 8.47. The lowest BCUT2D eigenvalue weighted by molar-refractivity contribution is 0.601. The van der Waals surface area contributed by atoms with Gasteiger partial charge in [-0.3, -0.25) is 0 Å². The summed E-state index contributed by atoms with van der Waals surface area (Å²) in [7, 11) is -3.18. The Bertz CT molecular complexity index is 486. The van der Waals surface area contributed by atoms with Crippen molar-refractivity contribution in [2.24, 2.45) is 5.73 Å². The van der Waals surface area contributed by atoms with Crippen LogP contribution >= 0.6 is 0 Å². The van der Waals surface area contributed by atoms with Crippen molar-refractivity contribution in [1.82, 2.24) is 0 Å². The van der Waals surface area contributed by atoms with Crippen LogP contribution in [-0.4, -0.2) is 14.7 Å². The standard InChI is InChI=1S/C11H13NO2S/c1-3-5-11(12)9-6-4-7-10(8-9)15(2,13)14/h1,4,6-8,11H,5,12H2,2H3. The molecule has 80 valence electrons. The minimum atomic E-state index is -3.18. The Morgan fingerprint density at radius 1 is 1.53 bits per heavy atom. The molecule has 0 aliphatic carbocycles. The summed E-state index contributed by atoms with van der Waals surface area (Å²) in [5, 5.41) is 0. The molecule has 1 unspecified atom stereocenters. The second-order valence-corrected chi connectivity index (χ2v) is 5.38. The van der Waals surface area contributed by atoms with E-state index in [4.69, 9.17) is 12.2 Å². The van der Waals surface area contributed by atoms with Gasteiger partial charge in [-0.05, 0) is 17.7 Å². The van der Waals surface area contributed by atoms with Crippen LogP contribution in [0.15, 0.2) is 29.2 Å². The van der Waals surface area contributed by atoms with Crippen LogP contribution in [0.2, 0.25) is 0 Å². The lowest BCUT2D eigenvalue weighted by atomic mass is 10.1. The van der Waals surface area contributed by atoms with Crippen LogP contribution in [0.5, 0.6) is 0 Å². The highest BCUT2D eigenvalue weighted by atomic mass is 32.2. The topological polar surface area (TPSA) is 60.2 Å². The van der Waals surface area contributed by atoms with E-state index < -0.39 is 9.84 Å². The SMILES string of the molecule is C#CCC(N)c1cccc(S(C)(=O)=O)c1. The third-order valence-electron chi connectivity index (χ3n) is 2.05. The van der Waals surface area contributed by atoms with Gasteiger partial charge < -0.3 is 5.73 Å². The van der Waals surface area contributed by atoms with Crippen molar-refractivity contribution in [2.45, 2.75) is 17.4 Å². The van der Waals surface area contributed by atoms with Crippen molar-refractivity contribution < 1.29 is 8.42 Å². The van der Waals surface area contributed by atoms with Crippen LogP contribution in [0.25, 0.3) is 0 Å². The van der Waals surface area contributed by atoms with E-state index in [9.17, 15) is 8.42 Å². The molecule has 0 aromatic heterocycles. The Morgan fingerprint density at radius 3 is 2.73 bits per heavy atom. The van der Waals surface area contributed by atoms with Crippen molar-refractivity contribution >= 4 is 9.84 Å². The Labute approximate surface area is 90.2 Å². The van der Waals surface area contributed by atoms with Gasteiger partial charge in [0.25, 0.3) is 0 Å². The van der Waals surface area contributed by atoms with E-state index >= 15 is 0 Å². The lowest BCUT2D eigenvalue weighted by Crippen LogP contribution is -2.10. The molecule has 0 spiro atoms. The van der Waals surface area contributed by atoms with Crippen LogP contribution in [0, 0.1) is 12.3 Å². The molecule has 1 aromatic rings. The first-order valence-electron chi connectivity index (χ1n) is 4.44. The van der Waals surface area contributed by atoms with Gasteiger partial charge in [0.2, 0.25) is 0 Å². The Morgan fingerprint density at radius 2 is 2.20 bits per heavy atom. The molecule has 0 fully saturated rings. The molecule has 0 saturated heterocycles. The van der Waals surface area contributed by atoms with Gasteiger partial charge in [-0.2, -0.15) is 0 Å². The summed E-state index contributed by atoms with van der Waals surface area (Å²) in [6.07, 6.45) is 6.70. The first kappa shape index (κ1) is 11.8. The van der Waals surface area contributed by atoms with Gasteiger partial charge >= 0.3 is 0 Å². The van der Waals surface area contributed by atoms with Crippen molar-refractivity contribution in [3.63, 3.8) is 0 Å². The molecule has 2 N–H and O–H groups in total. The molecule has 0 saturated carbocycles. The van der Waals surface area contributed by atoms with E-state index in [1.54, 1.807) is 24.3 Å². The van der Waals surface area contributed by atoms with Crippen LogP contribution in [0.3, 0.4) is 0 Å². The summed E-state index contributed by atoms with van der Waals surface area (Å²) in [6.45, 7) is 0. The van der Waals surface area contributed by atoms with Crippen LogP contribution < -0.4 is 5.73 Å². The van der Waals surface area contributed by atoms with Crippen molar-refractivity contribution in [1.29, 1.82) is 0 Å². The van der Waals surface area contributed by atoms with Crippen LogP contribution in [-0.2, 0) is 9.84 Å². The third-order valence-corrected chi connectivity index (χ3v) is 3.16. The molecule has 1 aromatic carbocycles. The Kier molecular flexibility index (Phi) is 3.51. The average Bonchev–Trinajstić information content (AvgIpc) is 2.17. The lowest BCUT2D eigenvalue weighted by Gasteiger charge is -2.09. The van der Waals surface area contributed by atoms with Gasteiger partial charge in [-0.15, -0.1) is 12.3 Å². The molecular formula is C11H13NO2S. The highest BCUT2D eigenvalue weighted by Gasteiger charge is 2.10. The predicted octanol–water partition coefficient (Wildman–Crippen LogP) is 1.11. The molecule has 0 aliphatic rings. The Balaban J connectivity index is 3.10. The van der Waals surface area contributed by atoms with Crippen LogP contribution in [0.1, 0.15) is 18.0 Å². The van der Waals surface area contributed by atoms with Crippen molar-refractivity contribution in [3.05, 3.63) is 29.8 Å². The summed E-state index contributed by atoms with van der Waals surface area (Å²) in [5.74, 6) is 2.45. The molecule has 15 heavy (non-hydrogen) atoms. The van der Waals surface area contributed by atoms with Crippen molar-refractivity contribution in [3.8, 4) is 12.3 Å². The fourth-order valence-electron chi connectivity index (χ4n) is 1.22. The second kappa shape index (κ2) is 4.47. The summed E-state index contributed by atoms with van der Waals surface area (Å²) >= 11 is 0. The summed E-state index contributed by atoms with van der Waals surface area (Å²) in [4.78, 5) is 0.271. The van der Waals surface area contributed by atoms with E-state index in [2.05, 4.69) is 5.92 Å². The molecule has 3 nitrogen and oxygen atoms in total. The average molecular weight is 223 g/mol. The van der Waals surface area contributed by atoms with E-state index in [1.165, 1.54) is 6.26 Å². The molecular weight excluding hydrogens is 210 g/mol. The number of terminal acetylenes is 1. The normalized spacial score (nSPS) is 13.1. The molecule has 4 heteroatoms. The molecule has 1 rings (SSSR count). The molecule has 0 radical (unpaired) electrons. The zero-order chi connectivity index (χ0) is 11.5. The predicted molar refractivity (Wildman–Crippen MR) is 59.9 cm³/mol. The number of sulfone groups is 1. The van der Waals surface area contributed by atoms with E-state index in [1.807, 2.05) is 0 Å². The van der Waals surface area contributed by atoms with Gasteiger partial charge in [0.15, 0.2) is 9.84 Å². The first-order valence-corrected chi connectivity index (χ1v) is 6.33. The fraction of sp³-hybridized carbons (Fsp3) is 0.273. The third kappa shape index (κ3) is 3.08. The van der Waals surface area contributed by atoms with Gasteiger partial charge in [-0.1, -0.05) is 12.1 Å². The smallest absolute Gasteiger partial charge is 0.175 e. The van der Waals surface area contributed by atoms with Gasteiger partial charge in [0, 0.05) is 18.7 Å². The first-order chi connectivity index (χ1) is 6.95. The monoisotopic (exact) mass is 223 g/mol. The Hall–Kier alpha value is -1.31. The molecule has 0 heterocycles. The molecule has 0 bridgehead atoms. The number of nitrogens with two attached hydrogens (primary N) is 1. The van der Waals surface area contributed by atoms with Gasteiger partial charge in [0.05, 0.1) is 4.90 Å². The maximum atomic E-state index is 11.3. The maximum Gasteiger partial charge on any atom is 0.175 e. The zero-order valence-corrected chi connectivity index (χ0v) is 9.29. The molecule has 0 aliphatic heterocycles. The minimum absolute atomic E-state index is 0.271. The quantitative estimate of drug-likeness (QED) is 0.781. The highest BCUT2D eigenvalue weighted by molar-refractivity contribution is 7.90. The van der Waals surface area contributed by atoms with Crippen LogP contribution in [0.4, 0.5) is 0 Å².